The second kappa shape index (κ2) is 5.72. The van der Waals surface area contributed by atoms with E-state index in [-0.39, 0.29) is 28.3 Å². The van der Waals surface area contributed by atoms with E-state index in [0.29, 0.717) is 12.2 Å². The number of nitriles is 3. The lowest BCUT2D eigenvalue weighted by Gasteiger charge is -2.08. The average Bonchev–Trinajstić information content (AvgIpc) is 2.86. The number of aromatic nitrogens is 3. The molecule has 0 fully saturated rings. The number of nitrogen functional groups attached to an aromatic ring is 1. The molecular weight excluding hydrogens is 302 g/mol. The van der Waals surface area contributed by atoms with E-state index in [9.17, 15) is 5.26 Å². The van der Waals surface area contributed by atoms with Crippen LogP contribution in [-0.2, 0) is 6.54 Å². The Labute approximate surface area is 137 Å². The molecule has 0 amide bonds. The number of hydrogen-bond donors (Lipinski definition) is 1. The highest BCUT2D eigenvalue weighted by Gasteiger charge is 2.20. The van der Waals surface area contributed by atoms with Crippen molar-refractivity contribution in [1.82, 2.24) is 14.5 Å². The van der Waals surface area contributed by atoms with Crippen molar-refractivity contribution in [2.75, 3.05) is 5.73 Å². The highest BCUT2D eigenvalue weighted by Crippen LogP contribution is 2.27. The lowest BCUT2D eigenvalue weighted by atomic mass is 10.1. The minimum absolute atomic E-state index is 0.0860. The third-order valence-corrected chi connectivity index (χ3v) is 3.70. The van der Waals surface area contributed by atoms with Crippen LogP contribution in [0.2, 0.25) is 0 Å². The molecular formula is C17H11N7. The first kappa shape index (κ1) is 15.0. The van der Waals surface area contributed by atoms with Crippen LogP contribution in [0.4, 0.5) is 5.82 Å². The van der Waals surface area contributed by atoms with Crippen LogP contribution in [-0.4, -0.2) is 14.5 Å². The number of nitrogens with zero attached hydrogens (tertiary/aromatic N) is 6. The minimum Gasteiger partial charge on any atom is -0.384 e. The van der Waals surface area contributed by atoms with Crippen LogP contribution in [0, 0.1) is 40.9 Å². The van der Waals surface area contributed by atoms with Gasteiger partial charge in [0.2, 0.25) is 0 Å². The van der Waals surface area contributed by atoms with Gasteiger partial charge in [-0.2, -0.15) is 15.8 Å². The molecule has 0 unspecified atom stereocenters. The van der Waals surface area contributed by atoms with E-state index in [1.165, 1.54) is 0 Å². The van der Waals surface area contributed by atoms with Gasteiger partial charge in [-0.05, 0) is 12.5 Å². The highest BCUT2D eigenvalue weighted by atomic mass is 15.1. The molecule has 0 saturated heterocycles. The topological polar surface area (TPSA) is 128 Å². The SMILES string of the molecule is Cc1ccc(Cn2c(N)c(C#N)c3nc(C#N)c(C#N)nc32)cc1. The fourth-order valence-electron chi connectivity index (χ4n) is 2.46. The first-order valence-electron chi connectivity index (χ1n) is 7.04. The van der Waals surface area contributed by atoms with E-state index in [4.69, 9.17) is 16.3 Å². The fraction of sp³-hybridized carbons (Fsp3) is 0.118. The molecule has 0 aliphatic heterocycles. The molecule has 7 heteroatoms. The lowest BCUT2D eigenvalue weighted by molar-refractivity contribution is 0.833. The summed E-state index contributed by atoms with van der Waals surface area (Å²) in [6, 6.07) is 13.5. The van der Waals surface area contributed by atoms with Crippen LogP contribution in [0.5, 0.6) is 0 Å². The minimum atomic E-state index is -0.117. The lowest BCUT2D eigenvalue weighted by Crippen LogP contribution is -2.06. The van der Waals surface area contributed by atoms with Gasteiger partial charge in [0.1, 0.15) is 35.1 Å². The van der Waals surface area contributed by atoms with E-state index in [0.717, 1.165) is 11.1 Å². The second-order valence-electron chi connectivity index (χ2n) is 5.26. The molecule has 1 aromatic carbocycles. The van der Waals surface area contributed by atoms with Gasteiger partial charge in [-0.25, -0.2) is 9.97 Å². The first-order valence-corrected chi connectivity index (χ1v) is 7.04. The summed E-state index contributed by atoms with van der Waals surface area (Å²) in [6.45, 7) is 2.38. The number of nitrogens with two attached hydrogens (primary N) is 1. The molecule has 0 aliphatic rings. The zero-order valence-electron chi connectivity index (χ0n) is 12.8. The van der Waals surface area contributed by atoms with Gasteiger partial charge in [0.25, 0.3) is 0 Å². The molecule has 0 radical (unpaired) electrons. The third kappa shape index (κ3) is 2.29. The Morgan fingerprint density at radius 3 is 2.21 bits per heavy atom. The highest BCUT2D eigenvalue weighted by molar-refractivity contribution is 5.87. The normalized spacial score (nSPS) is 10.1. The third-order valence-electron chi connectivity index (χ3n) is 3.70. The largest absolute Gasteiger partial charge is 0.384 e. The van der Waals surface area contributed by atoms with Crippen LogP contribution in [0.15, 0.2) is 24.3 Å². The van der Waals surface area contributed by atoms with Crippen LogP contribution >= 0.6 is 0 Å². The number of anilines is 1. The molecule has 0 aliphatic carbocycles. The summed E-state index contributed by atoms with van der Waals surface area (Å²) in [4.78, 5) is 8.30. The van der Waals surface area contributed by atoms with Gasteiger partial charge >= 0.3 is 0 Å². The van der Waals surface area contributed by atoms with Crippen LogP contribution < -0.4 is 5.73 Å². The van der Waals surface area contributed by atoms with Gasteiger partial charge < -0.3 is 10.3 Å². The summed E-state index contributed by atoms with van der Waals surface area (Å²) in [6.07, 6.45) is 0. The Morgan fingerprint density at radius 2 is 1.62 bits per heavy atom. The second-order valence-corrected chi connectivity index (χ2v) is 5.26. The molecule has 2 N–H and O–H groups in total. The van der Waals surface area contributed by atoms with Crippen molar-refractivity contribution >= 4 is 17.0 Å². The molecule has 0 saturated carbocycles. The van der Waals surface area contributed by atoms with E-state index < -0.39 is 0 Å². The maximum atomic E-state index is 9.36. The Balaban J connectivity index is 2.26. The predicted molar refractivity (Wildman–Crippen MR) is 86.4 cm³/mol. The van der Waals surface area contributed by atoms with Crippen molar-refractivity contribution in [3.05, 3.63) is 52.3 Å². The molecule has 3 aromatic rings. The van der Waals surface area contributed by atoms with E-state index in [1.807, 2.05) is 49.4 Å². The van der Waals surface area contributed by atoms with Crippen molar-refractivity contribution in [3.63, 3.8) is 0 Å². The molecule has 114 valence electrons. The Bertz CT molecular complexity index is 1070. The zero-order chi connectivity index (χ0) is 17.3. The molecule has 2 heterocycles. The quantitative estimate of drug-likeness (QED) is 0.770. The van der Waals surface area contributed by atoms with Crippen molar-refractivity contribution in [1.29, 1.82) is 15.8 Å². The number of aryl methyl sites for hydroxylation is 1. The Kier molecular flexibility index (Phi) is 3.58. The zero-order valence-corrected chi connectivity index (χ0v) is 12.8. The number of fused-ring (bicyclic) bond motifs is 1. The van der Waals surface area contributed by atoms with Crippen molar-refractivity contribution in [3.8, 4) is 18.2 Å². The van der Waals surface area contributed by atoms with Crippen molar-refractivity contribution in [2.24, 2.45) is 0 Å². The predicted octanol–water partition coefficient (Wildman–Crippen LogP) is 1.99. The molecule has 0 spiro atoms. The van der Waals surface area contributed by atoms with Gasteiger partial charge in [-0.1, -0.05) is 29.8 Å². The van der Waals surface area contributed by atoms with Crippen LogP contribution in [0.25, 0.3) is 11.2 Å². The Hall–Kier alpha value is -3.89. The molecule has 3 rings (SSSR count). The fourth-order valence-corrected chi connectivity index (χ4v) is 2.46. The van der Waals surface area contributed by atoms with E-state index in [1.54, 1.807) is 4.57 Å². The van der Waals surface area contributed by atoms with Crippen molar-refractivity contribution < 1.29 is 0 Å². The van der Waals surface area contributed by atoms with E-state index >= 15 is 0 Å². The summed E-state index contributed by atoms with van der Waals surface area (Å²) in [5.41, 5.74) is 8.69. The number of benzene rings is 1. The van der Waals surface area contributed by atoms with E-state index in [2.05, 4.69) is 9.97 Å². The molecule has 0 bridgehead atoms. The van der Waals surface area contributed by atoms with Crippen LogP contribution in [0.1, 0.15) is 28.1 Å². The summed E-state index contributed by atoms with van der Waals surface area (Å²) in [5, 5.41) is 27.6. The van der Waals surface area contributed by atoms with Crippen molar-refractivity contribution in [2.45, 2.75) is 13.5 Å². The molecule has 0 atom stereocenters. The average molecular weight is 313 g/mol. The van der Waals surface area contributed by atoms with Gasteiger partial charge in [-0.15, -0.1) is 0 Å². The monoisotopic (exact) mass is 313 g/mol. The van der Waals surface area contributed by atoms with Crippen LogP contribution in [0.3, 0.4) is 0 Å². The maximum absolute atomic E-state index is 9.36. The molecule has 7 nitrogen and oxygen atoms in total. The smallest absolute Gasteiger partial charge is 0.179 e. The van der Waals surface area contributed by atoms with Gasteiger partial charge in [0, 0.05) is 0 Å². The Morgan fingerprint density at radius 1 is 1.00 bits per heavy atom. The summed E-state index contributed by atoms with van der Waals surface area (Å²) >= 11 is 0. The number of hydrogen-bond acceptors (Lipinski definition) is 6. The molecule has 24 heavy (non-hydrogen) atoms. The standard InChI is InChI=1S/C17H11N7/c1-10-2-4-11(5-3-10)9-24-16(21)12(6-18)15-17(24)23-14(8-20)13(7-19)22-15/h2-5H,9,21H2,1H3. The first-order chi connectivity index (χ1) is 11.6. The molecule has 2 aromatic heterocycles. The van der Waals surface area contributed by atoms with Gasteiger partial charge in [0.15, 0.2) is 17.0 Å². The summed E-state index contributed by atoms with van der Waals surface area (Å²) in [5.74, 6) is 0.215. The van der Waals surface area contributed by atoms with Gasteiger partial charge in [-0.3, -0.25) is 0 Å². The maximum Gasteiger partial charge on any atom is 0.179 e. The number of rotatable bonds is 2. The summed E-state index contributed by atoms with van der Waals surface area (Å²) < 4.78 is 1.63. The summed E-state index contributed by atoms with van der Waals surface area (Å²) in [7, 11) is 0. The van der Waals surface area contributed by atoms with Gasteiger partial charge in [0.05, 0.1) is 6.54 Å².